The average molecular weight is 296 g/mol. The van der Waals surface area contributed by atoms with Crippen LogP contribution >= 0.6 is 0 Å². The molecule has 1 heterocycles. The molecule has 3 rings (SSSR count). The summed E-state index contributed by atoms with van der Waals surface area (Å²) in [7, 11) is 0. The van der Waals surface area contributed by atoms with E-state index in [1.54, 1.807) is 0 Å². The van der Waals surface area contributed by atoms with Gasteiger partial charge in [-0.25, -0.2) is 0 Å². The van der Waals surface area contributed by atoms with Crippen molar-refractivity contribution >= 4 is 0 Å². The molecule has 4 nitrogen and oxygen atoms in total. The van der Waals surface area contributed by atoms with Gasteiger partial charge in [0.05, 0.1) is 18.8 Å². The molecule has 0 bridgehead atoms. The summed E-state index contributed by atoms with van der Waals surface area (Å²) in [6.45, 7) is 4.75. The minimum absolute atomic E-state index is 0.354. The Morgan fingerprint density at radius 3 is 2.67 bits per heavy atom. The van der Waals surface area contributed by atoms with Crippen molar-refractivity contribution in [2.45, 2.75) is 69.6 Å². The fourth-order valence-electron chi connectivity index (χ4n) is 3.79. The van der Waals surface area contributed by atoms with E-state index in [2.05, 4.69) is 10.2 Å². The van der Waals surface area contributed by atoms with Crippen molar-refractivity contribution in [1.82, 2.24) is 10.2 Å². The van der Waals surface area contributed by atoms with Crippen LogP contribution in [0.5, 0.6) is 0 Å². The summed E-state index contributed by atoms with van der Waals surface area (Å²) < 4.78 is 5.83. The lowest BCUT2D eigenvalue weighted by Crippen LogP contribution is -2.35. The lowest BCUT2D eigenvalue weighted by molar-refractivity contribution is -0.0230. The van der Waals surface area contributed by atoms with Crippen molar-refractivity contribution in [2.75, 3.05) is 32.8 Å². The molecule has 0 spiro atoms. The topological polar surface area (TPSA) is 44.7 Å². The Morgan fingerprint density at radius 1 is 1.10 bits per heavy atom. The second-order valence-corrected chi connectivity index (χ2v) is 7.29. The van der Waals surface area contributed by atoms with Crippen LogP contribution in [0.1, 0.15) is 51.4 Å². The standard InChI is InChI=1S/C17H32N2O2/c20-16(13-21-17-4-2-1-3-5-17)11-18-10-14-8-9-19(12-14)15-6-7-15/h14-18,20H,1-13H2. The van der Waals surface area contributed by atoms with E-state index in [0.717, 1.165) is 18.5 Å². The lowest BCUT2D eigenvalue weighted by Gasteiger charge is -2.23. The molecule has 0 amide bonds. The SMILES string of the molecule is OC(CNCC1CCN(C2CC2)C1)COC1CCCCC1. The molecule has 2 aliphatic carbocycles. The summed E-state index contributed by atoms with van der Waals surface area (Å²) in [5, 5.41) is 13.4. The van der Waals surface area contributed by atoms with Crippen LogP contribution in [0.3, 0.4) is 0 Å². The van der Waals surface area contributed by atoms with E-state index in [4.69, 9.17) is 4.74 Å². The molecule has 0 radical (unpaired) electrons. The third-order valence-electron chi connectivity index (χ3n) is 5.27. The molecule has 122 valence electrons. The normalized spacial score (nSPS) is 29.9. The van der Waals surface area contributed by atoms with Crippen LogP contribution in [0.15, 0.2) is 0 Å². The van der Waals surface area contributed by atoms with Gasteiger partial charge >= 0.3 is 0 Å². The smallest absolute Gasteiger partial charge is 0.0897 e. The predicted octanol–water partition coefficient (Wildman–Crippen LogP) is 1.77. The van der Waals surface area contributed by atoms with E-state index >= 15 is 0 Å². The molecule has 3 aliphatic rings. The van der Waals surface area contributed by atoms with Crippen LogP contribution in [-0.4, -0.2) is 61.0 Å². The number of hydrogen-bond donors (Lipinski definition) is 2. The van der Waals surface area contributed by atoms with Crippen molar-refractivity contribution in [3.8, 4) is 0 Å². The summed E-state index contributed by atoms with van der Waals surface area (Å²) in [4.78, 5) is 2.65. The maximum atomic E-state index is 10.0. The van der Waals surface area contributed by atoms with E-state index in [1.165, 1.54) is 64.5 Å². The van der Waals surface area contributed by atoms with E-state index in [-0.39, 0.29) is 6.10 Å². The molecule has 0 aromatic heterocycles. The molecule has 4 heteroatoms. The minimum Gasteiger partial charge on any atom is -0.389 e. The van der Waals surface area contributed by atoms with E-state index < -0.39 is 0 Å². The average Bonchev–Trinajstić information content (AvgIpc) is 3.26. The number of nitrogens with one attached hydrogen (secondary N) is 1. The van der Waals surface area contributed by atoms with Gasteiger partial charge in [0.2, 0.25) is 0 Å². The zero-order chi connectivity index (χ0) is 14.5. The van der Waals surface area contributed by atoms with E-state index in [1.807, 2.05) is 0 Å². The van der Waals surface area contributed by atoms with Gasteiger partial charge in [-0.3, -0.25) is 0 Å². The van der Waals surface area contributed by atoms with Crippen LogP contribution in [0, 0.1) is 5.92 Å². The zero-order valence-corrected chi connectivity index (χ0v) is 13.3. The van der Waals surface area contributed by atoms with Gasteiger partial charge in [0, 0.05) is 19.1 Å². The van der Waals surface area contributed by atoms with Crippen molar-refractivity contribution in [2.24, 2.45) is 5.92 Å². The summed E-state index contributed by atoms with van der Waals surface area (Å²) in [5.41, 5.74) is 0. The van der Waals surface area contributed by atoms with Crippen molar-refractivity contribution < 1.29 is 9.84 Å². The molecule has 21 heavy (non-hydrogen) atoms. The Kier molecular flexibility index (Phi) is 5.92. The summed E-state index contributed by atoms with van der Waals surface area (Å²) in [6.07, 6.45) is 10.5. The first kappa shape index (κ1) is 15.7. The number of aliphatic hydroxyl groups excluding tert-OH is 1. The van der Waals surface area contributed by atoms with Crippen LogP contribution in [0.2, 0.25) is 0 Å². The largest absolute Gasteiger partial charge is 0.389 e. The molecular formula is C17H32N2O2. The van der Waals surface area contributed by atoms with Crippen molar-refractivity contribution in [1.29, 1.82) is 0 Å². The highest BCUT2D eigenvalue weighted by molar-refractivity contribution is 4.90. The van der Waals surface area contributed by atoms with Crippen molar-refractivity contribution in [3.05, 3.63) is 0 Å². The fraction of sp³-hybridized carbons (Fsp3) is 1.00. The van der Waals surface area contributed by atoms with Gasteiger partial charge in [-0.15, -0.1) is 0 Å². The molecule has 0 aromatic carbocycles. The number of hydrogen-bond acceptors (Lipinski definition) is 4. The van der Waals surface area contributed by atoms with Crippen LogP contribution < -0.4 is 5.32 Å². The van der Waals surface area contributed by atoms with Crippen LogP contribution in [-0.2, 0) is 4.74 Å². The van der Waals surface area contributed by atoms with Crippen LogP contribution in [0.25, 0.3) is 0 Å². The van der Waals surface area contributed by atoms with Gasteiger partial charge in [0.25, 0.3) is 0 Å². The second kappa shape index (κ2) is 7.91. The van der Waals surface area contributed by atoms with Gasteiger partial charge in [-0.2, -0.15) is 0 Å². The Hall–Kier alpha value is -0.160. The predicted molar refractivity (Wildman–Crippen MR) is 84.4 cm³/mol. The molecule has 2 N–H and O–H groups in total. The summed E-state index contributed by atoms with van der Waals surface area (Å²) >= 11 is 0. The van der Waals surface area contributed by atoms with Gasteiger partial charge in [-0.05, 0) is 51.1 Å². The number of rotatable bonds is 8. The third kappa shape index (κ3) is 5.20. The van der Waals surface area contributed by atoms with E-state index in [0.29, 0.717) is 19.3 Å². The fourth-order valence-corrected chi connectivity index (χ4v) is 3.79. The molecule has 2 atom stereocenters. The molecular weight excluding hydrogens is 264 g/mol. The quantitative estimate of drug-likeness (QED) is 0.716. The summed E-state index contributed by atoms with van der Waals surface area (Å²) in [5.74, 6) is 0.775. The molecule has 1 saturated heterocycles. The Morgan fingerprint density at radius 2 is 1.90 bits per heavy atom. The Balaban J connectivity index is 1.21. The highest BCUT2D eigenvalue weighted by atomic mass is 16.5. The summed E-state index contributed by atoms with van der Waals surface area (Å²) in [6, 6.07) is 0.907. The minimum atomic E-state index is -0.354. The highest BCUT2D eigenvalue weighted by Crippen LogP contribution is 2.31. The third-order valence-corrected chi connectivity index (χ3v) is 5.27. The molecule has 2 saturated carbocycles. The van der Waals surface area contributed by atoms with Gasteiger partial charge < -0.3 is 20.1 Å². The first-order valence-corrected chi connectivity index (χ1v) is 9.05. The zero-order valence-electron chi connectivity index (χ0n) is 13.3. The Bertz CT molecular complexity index is 303. The second-order valence-electron chi connectivity index (χ2n) is 7.29. The van der Waals surface area contributed by atoms with Gasteiger partial charge in [0.15, 0.2) is 0 Å². The number of aliphatic hydroxyl groups is 1. The maximum Gasteiger partial charge on any atom is 0.0897 e. The molecule has 2 unspecified atom stereocenters. The van der Waals surface area contributed by atoms with Crippen LogP contribution in [0.4, 0.5) is 0 Å². The number of ether oxygens (including phenoxy) is 1. The van der Waals surface area contributed by atoms with E-state index in [9.17, 15) is 5.11 Å². The monoisotopic (exact) mass is 296 g/mol. The molecule has 3 fully saturated rings. The van der Waals surface area contributed by atoms with Crippen molar-refractivity contribution in [3.63, 3.8) is 0 Å². The molecule has 0 aromatic rings. The number of likely N-dealkylation sites (tertiary alicyclic amines) is 1. The van der Waals surface area contributed by atoms with Gasteiger partial charge in [0.1, 0.15) is 0 Å². The molecule has 1 aliphatic heterocycles. The number of nitrogens with zero attached hydrogens (tertiary/aromatic N) is 1. The lowest BCUT2D eigenvalue weighted by atomic mass is 9.98. The maximum absolute atomic E-state index is 10.0. The van der Waals surface area contributed by atoms with Gasteiger partial charge in [-0.1, -0.05) is 19.3 Å². The Labute approximate surface area is 129 Å². The highest BCUT2D eigenvalue weighted by Gasteiger charge is 2.34. The first-order chi connectivity index (χ1) is 10.3. The first-order valence-electron chi connectivity index (χ1n) is 9.05.